The van der Waals surface area contributed by atoms with Crippen LogP contribution < -0.4 is 10.5 Å². The molecule has 2 N–H and O–H groups in total. The lowest BCUT2D eigenvalue weighted by molar-refractivity contribution is -0.0168. The fourth-order valence-corrected chi connectivity index (χ4v) is 1.89. The highest BCUT2D eigenvalue weighted by Gasteiger charge is 2.20. The van der Waals surface area contributed by atoms with E-state index in [4.69, 9.17) is 26.8 Å². The molecular weight excluding hydrogens is 230 g/mol. The minimum Gasteiger partial charge on any atom is -0.466 e. The summed E-state index contributed by atoms with van der Waals surface area (Å²) in [6.07, 6.45) is 0.289. The topological polar surface area (TPSA) is 61.6 Å². The Bertz CT molecular complexity index is 420. The number of Topliss-reactive ketones (excluding diaryl/α,β-unsaturated/α-hetero) is 1. The highest BCUT2D eigenvalue weighted by molar-refractivity contribution is 6.31. The van der Waals surface area contributed by atoms with Crippen molar-refractivity contribution >= 4 is 17.4 Å². The largest absolute Gasteiger partial charge is 0.466 e. The Morgan fingerprint density at radius 2 is 2.31 bits per heavy atom. The van der Waals surface area contributed by atoms with E-state index in [2.05, 4.69) is 0 Å². The van der Waals surface area contributed by atoms with Gasteiger partial charge in [0.1, 0.15) is 5.75 Å². The van der Waals surface area contributed by atoms with Crippen molar-refractivity contribution in [2.45, 2.75) is 13.0 Å². The lowest BCUT2D eigenvalue weighted by atomic mass is 10.0. The summed E-state index contributed by atoms with van der Waals surface area (Å²) in [7, 11) is 0. The molecule has 1 aromatic rings. The normalized spacial score (nSPS) is 14.1. The van der Waals surface area contributed by atoms with Crippen LogP contribution in [-0.2, 0) is 11.3 Å². The third-order valence-electron chi connectivity index (χ3n) is 2.35. The van der Waals surface area contributed by atoms with E-state index < -0.39 is 0 Å². The Labute approximate surface area is 98.3 Å². The van der Waals surface area contributed by atoms with Crippen LogP contribution in [0.3, 0.4) is 0 Å². The minimum absolute atomic E-state index is 0.0526. The van der Waals surface area contributed by atoms with Crippen molar-refractivity contribution in [2.24, 2.45) is 5.73 Å². The molecule has 0 saturated heterocycles. The van der Waals surface area contributed by atoms with Crippen molar-refractivity contribution in [3.63, 3.8) is 0 Å². The number of ether oxygens (including phenoxy) is 2. The second-order valence-electron chi connectivity index (χ2n) is 3.51. The number of fused-ring (bicyclic) bond motifs is 1. The Morgan fingerprint density at radius 1 is 1.50 bits per heavy atom. The molecule has 0 amide bonds. The number of carbonyl (C=O) groups excluding carboxylic acids is 1. The first kappa shape index (κ1) is 11.4. The van der Waals surface area contributed by atoms with Gasteiger partial charge in [0.2, 0.25) is 0 Å². The SMILES string of the molecule is NCCC(=O)c1cc(Cl)cc2c1OCOC2. The molecule has 1 aromatic carbocycles. The van der Waals surface area contributed by atoms with Crippen LogP contribution in [0.4, 0.5) is 0 Å². The van der Waals surface area contributed by atoms with Gasteiger partial charge in [-0.1, -0.05) is 11.6 Å². The lowest BCUT2D eigenvalue weighted by Gasteiger charge is -2.20. The number of nitrogens with two attached hydrogens (primary N) is 1. The molecule has 86 valence electrons. The van der Waals surface area contributed by atoms with Gasteiger partial charge in [0.25, 0.3) is 0 Å². The number of benzene rings is 1. The van der Waals surface area contributed by atoms with Gasteiger partial charge in [-0.05, 0) is 18.7 Å². The average molecular weight is 242 g/mol. The minimum atomic E-state index is -0.0526. The molecule has 0 spiro atoms. The summed E-state index contributed by atoms with van der Waals surface area (Å²) in [5.74, 6) is 0.525. The summed E-state index contributed by atoms with van der Waals surface area (Å²) in [5, 5.41) is 0.508. The van der Waals surface area contributed by atoms with E-state index in [1.54, 1.807) is 12.1 Å². The van der Waals surface area contributed by atoms with E-state index in [9.17, 15) is 4.79 Å². The Balaban J connectivity index is 2.43. The fraction of sp³-hybridized carbons (Fsp3) is 0.364. The van der Waals surface area contributed by atoms with Gasteiger partial charge in [0.15, 0.2) is 12.6 Å². The summed E-state index contributed by atoms with van der Waals surface area (Å²) in [4.78, 5) is 11.8. The standard InChI is InChI=1S/C11H12ClNO3/c12-8-3-7-5-15-6-16-11(7)9(4-8)10(14)1-2-13/h3-4H,1-2,5-6,13H2. The summed E-state index contributed by atoms with van der Waals surface area (Å²) in [6, 6.07) is 3.36. The predicted molar refractivity (Wildman–Crippen MR) is 59.7 cm³/mol. The molecule has 0 unspecified atom stereocenters. The Hall–Kier alpha value is -1.10. The number of carbonyl (C=O) groups is 1. The first-order valence-corrected chi connectivity index (χ1v) is 5.36. The van der Waals surface area contributed by atoms with Gasteiger partial charge in [0, 0.05) is 17.0 Å². The maximum Gasteiger partial charge on any atom is 0.189 e. The van der Waals surface area contributed by atoms with Crippen LogP contribution >= 0.6 is 11.6 Å². The van der Waals surface area contributed by atoms with E-state index in [0.29, 0.717) is 29.5 Å². The van der Waals surface area contributed by atoms with Crippen LogP contribution in [0.15, 0.2) is 12.1 Å². The highest BCUT2D eigenvalue weighted by atomic mass is 35.5. The van der Waals surface area contributed by atoms with E-state index in [0.717, 1.165) is 5.56 Å². The molecule has 0 radical (unpaired) electrons. The number of hydrogen-bond donors (Lipinski definition) is 1. The molecule has 1 aliphatic rings. The number of rotatable bonds is 3. The fourth-order valence-electron chi connectivity index (χ4n) is 1.65. The van der Waals surface area contributed by atoms with Crippen molar-refractivity contribution in [1.82, 2.24) is 0 Å². The molecule has 4 nitrogen and oxygen atoms in total. The van der Waals surface area contributed by atoms with E-state index in [-0.39, 0.29) is 19.0 Å². The van der Waals surface area contributed by atoms with Gasteiger partial charge in [-0.2, -0.15) is 0 Å². The van der Waals surface area contributed by atoms with Crippen LogP contribution in [0.2, 0.25) is 5.02 Å². The Morgan fingerprint density at radius 3 is 3.06 bits per heavy atom. The van der Waals surface area contributed by atoms with Crippen molar-refractivity contribution in [2.75, 3.05) is 13.3 Å². The maximum atomic E-state index is 11.8. The lowest BCUT2D eigenvalue weighted by Crippen LogP contribution is -2.16. The molecule has 5 heteroatoms. The zero-order chi connectivity index (χ0) is 11.5. The molecule has 1 heterocycles. The number of hydrogen-bond acceptors (Lipinski definition) is 4. The molecule has 2 rings (SSSR count). The van der Waals surface area contributed by atoms with Gasteiger partial charge in [-0.3, -0.25) is 4.79 Å². The zero-order valence-electron chi connectivity index (χ0n) is 8.66. The molecule has 16 heavy (non-hydrogen) atoms. The van der Waals surface area contributed by atoms with Crippen LogP contribution in [-0.4, -0.2) is 19.1 Å². The molecule has 0 atom stereocenters. The van der Waals surface area contributed by atoms with Crippen molar-refractivity contribution < 1.29 is 14.3 Å². The second kappa shape index (κ2) is 4.82. The third-order valence-corrected chi connectivity index (χ3v) is 2.56. The monoisotopic (exact) mass is 241 g/mol. The highest BCUT2D eigenvalue weighted by Crippen LogP contribution is 2.32. The van der Waals surface area contributed by atoms with Crippen LogP contribution in [0.25, 0.3) is 0 Å². The summed E-state index contributed by atoms with van der Waals surface area (Å²) in [5.41, 5.74) is 6.66. The first-order valence-electron chi connectivity index (χ1n) is 4.98. The smallest absolute Gasteiger partial charge is 0.189 e. The van der Waals surface area contributed by atoms with Crippen LogP contribution in [0.5, 0.6) is 5.75 Å². The van der Waals surface area contributed by atoms with Crippen LogP contribution in [0, 0.1) is 0 Å². The van der Waals surface area contributed by atoms with Crippen molar-refractivity contribution in [3.05, 3.63) is 28.3 Å². The predicted octanol–water partition coefficient (Wildman–Crippen LogP) is 1.74. The molecule has 0 bridgehead atoms. The van der Waals surface area contributed by atoms with E-state index >= 15 is 0 Å². The number of halogens is 1. The van der Waals surface area contributed by atoms with Crippen molar-refractivity contribution in [1.29, 1.82) is 0 Å². The summed E-state index contributed by atoms with van der Waals surface area (Å²) in [6.45, 7) is 0.896. The summed E-state index contributed by atoms with van der Waals surface area (Å²) < 4.78 is 10.5. The van der Waals surface area contributed by atoms with Gasteiger partial charge in [0.05, 0.1) is 12.2 Å². The molecular formula is C11H12ClNO3. The quantitative estimate of drug-likeness (QED) is 0.819. The average Bonchev–Trinajstić information content (AvgIpc) is 2.28. The van der Waals surface area contributed by atoms with E-state index in [1.165, 1.54) is 0 Å². The van der Waals surface area contributed by atoms with Crippen molar-refractivity contribution in [3.8, 4) is 5.75 Å². The molecule has 1 aliphatic heterocycles. The molecule has 0 aliphatic carbocycles. The second-order valence-corrected chi connectivity index (χ2v) is 3.95. The van der Waals surface area contributed by atoms with Gasteiger partial charge in [-0.25, -0.2) is 0 Å². The zero-order valence-corrected chi connectivity index (χ0v) is 9.42. The molecule has 0 aromatic heterocycles. The number of ketones is 1. The van der Waals surface area contributed by atoms with E-state index in [1.807, 2.05) is 0 Å². The van der Waals surface area contributed by atoms with Gasteiger partial charge in [-0.15, -0.1) is 0 Å². The molecule has 0 fully saturated rings. The first-order chi connectivity index (χ1) is 7.72. The third kappa shape index (κ3) is 2.19. The maximum absolute atomic E-state index is 11.8. The molecule has 0 saturated carbocycles. The Kier molecular flexibility index (Phi) is 3.43. The van der Waals surface area contributed by atoms with Gasteiger partial charge < -0.3 is 15.2 Å². The van der Waals surface area contributed by atoms with Gasteiger partial charge >= 0.3 is 0 Å². The van der Waals surface area contributed by atoms with Crippen LogP contribution in [0.1, 0.15) is 22.3 Å². The summed E-state index contributed by atoms with van der Waals surface area (Å²) >= 11 is 5.93.